The van der Waals surface area contributed by atoms with Crippen LogP contribution in [0.2, 0.25) is 0 Å². The summed E-state index contributed by atoms with van der Waals surface area (Å²) >= 11 is 2.34. The first-order chi connectivity index (χ1) is 10.6. The molecule has 3 heteroatoms. The monoisotopic (exact) mass is 410 g/mol. The molecular formula is C19H23IO2. The zero-order chi connectivity index (χ0) is 15.9. The fraction of sp³-hybridized carbons (Fsp3) is 0.368. The van der Waals surface area contributed by atoms with Crippen molar-refractivity contribution in [1.82, 2.24) is 0 Å². The second-order valence-electron chi connectivity index (χ2n) is 5.86. The van der Waals surface area contributed by atoms with Crippen molar-refractivity contribution >= 4 is 22.6 Å². The maximum absolute atomic E-state index is 6.03. The predicted molar refractivity (Wildman–Crippen MR) is 99.2 cm³/mol. The van der Waals surface area contributed by atoms with Crippen molar-refractivity contribution in [3.63, 3.8) is 0 Å². The molecule has 0 bridgehead atoms. The van der Waals surface area contributed by atoms with Gasteiger partial charge < -0.3 is 9.47 Å². The number of methoxy groups -OCH3 is 1. The lowest BCUT2D eigenvalue weighted by molar-refractivity contribution is 0.183. The van der Waals surface area contributed by atoms with Crippen molar-refractivity contribution < 1.29 is 9.47 Å². The number of ether oxygens (including phenoxy) is 2. The van der Waals surface area contributed by atoms with Gasteiger partial charge in [-0.2, -0.15) is 0 Å². The normalized spacial score (nSPS) is 11.0. The SMILES string of the molecule is COCc1cc(I)c(OCc2ccccc2)cc1CC(C)C. The molecule has 0 spiro atoms. The van der Waals surface area contributed by atoms with Gasteiger partial charge in [0.25, 0.3) is 0 Å². The number of hydrogen-bond acceptors (Lipinski definition) is 2. The van der Waals surface area contributed by atoms with Crippen LogP contribution in [-0.4, -0.2) is 7.11 Å². The van der Waals surface area contributed by atoms with Gasteiger partial charge in [0.1, 0.15) is 12.4 Å². The Morgan fingerprint density at radius 2 is 1.73 bits per heavy atom. The summed E-state index contributed by atoms with van der Waals surface area (Å²) < 4.78 is 12.5. The molecule has 0 saturated carbocycles. The van der Waals surface area contributed by atoms with E-state index >= 15 is 0 Å². The summed E-state index contributed by atoms with van der Waals surface area (Å²) in [6.07, 6.45) is 1.04. The van der Waals surface area contributed by atoms with Crippen LogP contribution in [0.4, 0.5) is 0 Å². The molecule has 0 N–H and O–H groups in total. The zero-order valence-corrected chi connectivity index (χ0v) is 15.6. The van der Waals surface area contributed by atoms with E-state index in [1.54, 1.807) is 7.11 Å². The molecule has 0 saturated heterocycles. The summed E-state index contributed by atoms with van der Waals surface area (Å²) in [6.45, 7) is 5.72. The smallest absolute Gasteiger partial charge is 0.133 e. The summed E-state index contributed by atoms with van der Waals surface area (Å²) in [5, 5.41) is 0. The average Bonchev–Trinajstić information content (AvgIpc) is 2.49. The first kappa shape index (κ1) is 17.3. The van der Waals surface area contributed by atoms with Gasteiger partial charge in [-0.1, -0.05) is 44.2 Å². The minimum atomic E-state index is 0.599. The Morgan fingerprint density at radius 3 is 2.36 bits per heavy atom. The van der Waals surface area contributed by atoms with Gasteiger partial charge in [0.2, 0.25) is 0 Å². The van der Waals surface area contributed by atoms with Gasteiger partial charge in [-0.25, -0.2) is 0 Å². The van der Waals surface area contributed by atoms with Crippen molar-refractivity contribution in [2.24, 2.45) is 5.92 Å². The lowest BCUT2D eigenvalue weighted by Gasteiger charge is -2.16. The molecule has 0 atom stereocenters. The van der Waals surface area contributed by atoms with E-state index in [0.29, 0.717) is 19.1 Å². The van der Waals surface area contributed by atoms with Crippen LogP contribution in [-0.2, 0) is 24.4 Å². The first-order valence-electron chi connectivity index (χ1n) is 7.57. The lowest BCUT2D eigenvalue weighted by Crippen LogP contribution is -2.04. The molecule has 2 rings (SSSR count). The van der Waals surface area contributed by atoms with E-state index in [2.05, 4.69) is 60.7 Å². The second kappa shape index (κ2) is 8.53. The third-order valence-electron chi connectivity index (χ3n) is 3.42. The number of rotatable bonds is 7. The van der Waals surface area contributed by atoms with Gasteiger partial charge in [0.05, 0.1) is 10.2 Å². The van der Waals surface area contributed by atoms with Crippen LogP contribution in [0, 0.1) is 9.49 Å². The molecule has 0 radical (unpaired) electrons. The van der Waals surface area contributed by atoms with E-state index in [4.69, 9.17) is 9.47 Å². The van der Waals surface area contributed by atoms with Crippen molar-refractivity contribution in [2.75, 3.05) is 7.11 Å². The molecule has 22 heavy (non-hydrogen) atoms. The van der Waals surface area contributed by atoms with Gasteiger partial charge in [0, 0.05) is 7.11 Å². The summed E-state index contributed by atoms with van der Waals surface area (Å²) in [5.41, 5.74) is 3.76. The van der Waals surface area contributed by atoms with E-state index in [-0.39, 0.29) is 0 Å². The molecule has 0 amide bonds. The molecule has 0 aliphatic rings. The first-order valence-corrected chi connectivity index (χ1v) is 8.65. The number of benzene rings is 2. The van der Waals surface area contributed by atoms with Crippen LogP contribution in [0.25, 0.3) is 0 Å². The molecule has 2 nitrogen and oxygen atoms in total. The highest BCUT2D eigenvalue weighted by Gasteiger charge is 2.11. The van der Waals surface area contributed by atoms with Crippen LogP contribution < -0.4 is 4.74 Å². The maximum atomic E-state index is 6.03. The quantitative estimate of drug-likeness (QED) is 0.583. The standard InChI is InChI=1S/C19H23IO2/c1-14(2)9-16-11-19(18(20)10-17(16)13-21-3)22-12-15-7-5-4-6-8-15/h4-8,10-11,14H,9,12-13H2,1-3H3. The molecule has 118 valence electrons. The minimum Gasteiger partial charge on any atom is -0.488 e. The predicted octanol–water partition coefficient (Wildman–Crippen LogP) is 5.22. The molecule has 0 heterocycles. The van der Waals surface area contributed by atoms with Gasteiger partial charge in [-0.15, -0.1) is 0 Å². The molecule has 0 aromatic heterocycles. The molecule has 2 aromatic rings. The Bertz CT molecular complexity index is 594. The Morgan fingerprint density at radius 1 is 1.00 bits per heavy atom. The van der Waals surface area contributed by atoms with Crippen molar-refractivity contribution in [2.45, 2.75) is 33.5 Å². The van der Waals surface area contributed by atoms with Gasteiger partial charge >= 0.3 is 0 Å². The molecule has 0 fully saturated rings. The lowest BCUT2D eigenvalue weighted by atomic mass is 9.98. The highest BCUT2D eigenvalue weighted by molar-refractivity contribution is 14.1. The Hall–Kier alpha value is -1.07. The largest absolute Gasteiger partial charge is 0.488 e. The van der Waals surface area contributed by atoms with E-state index in [9.17, 15) is 0 Å². The molecular weight excluding hydrogens is 387 g/mol. The number of hydrogen-bond donors (Lipinski definition) is 0. The molecule has 0 aliphatic carbocycles. The van der Waals surface area contributed by atoms with Crippen molar-refractivity contribution in [3.05, 3.63) is 62.7 Å². The van der Waals surface area contributed by atoms with E-state index in [1.165, 1.54) is 16.7 Å². The van der Waals surface area contributed by atoms with Gasteiger partial charge in [-0.3, -0.25) is 0 Å². The van der Waals surface area contributed by atoms with Crippen LogP contribution in [0.15, 0.2) is 42.5 Å². The molecule has 0 unspecified atom stereocenters. The third kappa shape index (κ3) is 4.99. The van der Waals surface area contributed by atoms with E-state index in [0.717, 1.165) is 15.7 Å². The molecule has 2 aromatic carbocycles. The second-order valence-corrected chi connectivity index (χ2v) is 7.02. The third-order valence-corrected chi connectivity index (χ3v) is 4.26. The highest BCUT2D eigenvalue weighted by Crippen LogP contribution is 2.28. The summed E-state index contributed by atoms with van der Waals surface area (Å²) in [6, 6.07) is 14.6. The van der Waals surface area contributed by atoms with E-state index < -0.39 is 0 Å². The fourth-order valence-corrected chi connectivity index (χ4v) is 3.09. The Kier molecular flexibility index (Phi) is 6.70. The topological polar surface area (TPSA) is 18.5 Å². The Labute approximate surface area is 147 Å². The summed E-state index contributed by atoms with van der Waals surface area (Å²) in [4.78, 5) is 0. The zero-order valence-electron chi connectivity index (χ0n) is 13.4. The van der Waals surface area contributed by atoms with Crippen molar-refractivity contribution in [1.29, 1.82) is 0 Å². The minimum absolute atomic E-state index is 0.599. The number of halogens is 1. The van der Waals surface area contributed by atoms with Crippen LogP contribution in [0.5, 0.6) is 5.75 Å². The van der Waals surface area contributed by atoms with Crippen molar-refractivity contribution in [3.8, 4) is 5.75 Å². The summed E-state index contributed by atoms with van der Waals surface area (Å²) in [7, 11) is 1.74. The van der Waals surface area contributed by atoms with Gasteiger partial charge in [0.15, 0.2) is 0 Å². The Balaban J connectivity index is 2.19. The molecule has 0 aliphatic heterocycles. The fourth-order valence-electron chi connectivity index (χ4n) is 2.40. The van der Waals surface area contributed by atoms with Gasteiger partial charge in [-0.05, 0) is 63.8 Å². The van der Waals surface area contributed by atoms with Crippen LogP contribution in [0.3, 0.4) is 0 Å². The average molecular weight is 410 g/mol. The highest BCUT2D eigenvalue weighted by atomic mass is 127. The van der Waals surface area contributed by atoms with E-state index in [1.807, 2.05) is 18.2 Å². The van der Waals surface area contributed by atoms with Crippen LogP contribution in [0.1, 0.15) is 30.5 Å². The maximum Gasteiger partial charge on any atom is 0.133 e. The summed E-state index contributed by atoms with van der Waals surface area (Å²) in [5.74, 6) is 1.57. The van der Waals surface area contributed by atoms with Crippen LogP contribution >= 0.6 is 22.6 Å².